The number of hydrogen-bond acceptors (Lipinski definition) is 3. The minimum Gasteiger partial charge on any atom is -0.478 e. The number of likely N-dealkylation sites (N-methyl/N-ethyl adjacent to an activating group) is 1. The lowest BCUT2D eigenvalue weighted by molar-refractivity contribution is 0.0696. The number of fused-ring (bicyclic) bond motifs is 1. The molecule has 1 heterocycles. The molecule has 4 nitrogen and oxygen atoms in total. The van der Waals surface area contributed by atoms with Crippen LogP contribution in [0.1, 0.15) is 33.9 Å². The fraction of sp³-hybridized carbons (Fsp3) is 0.533. The van der Waals surface area contributed by atoms with E-state index in [1.54, 1.807) is 6.07 Å². The van der Waals surface area contributed by atoms with Gasteiger partial charge in [0.15, 0.2) is 0 Å². The first-order chi connectivity index (χ1) is 9.15. The number of hydrogen-bond donors (Lipinski definition) is 1. The van der Waals surface area contributed by atoms with Gasteiger partial charge >= 0.3 is 5.97 Å². The van der Waals surface area contributed by atoms with Crippen molar-refractivity contribution in [2.75, 3.05) is 33.2 Å². The van der Waals surface area contributed by atoms with Crippen molar-refractivity contribution in [1.29, 1.82) is 0 Å². The molecule has 0 amide bonds. The van der Waals surface area contributed by atoms with Crippen LogP contribution in [0.3, 0.4) is 0 Å². The molecule has 0 spiro atoms. The molecule has 19 heavy (non-hydrogen) atoms. The molecule has 1 atom stereocenters. The van der Waals surface area contributed by atoms with Gasteiger partial charge in [0.25, 0.3) is 0 Å². The largest absolute Gasteiger partial charge is 0.478 e. The summed E-state index contributed by atoms with van der Waals surface area (Å²) in [5.41, 5.74) is 2.98. The summed E-state index contributed by atoms with van der Waals surface area (Å²) in [4.78, 5) is 15.9. The van der Waals surface area contributed by atoms with Crippen LogP contribution in [0.15, 0.2) is 18.2 Å². The van der Waals surface area contributed by atoms with E-state index in [-0.39, 0.29) is 0 Å². The summed E-state index contributed by atoms with van der Waals surface area (Å²) in [5, 5.41) is 9.04. The maximum atomic E-state index is 11.0. The van der Waals surface area contributed by atoms with Crippen molar-refractivity contribution in [3.63, 3.8) is 0 Å². The Kier molecular flexibility index (Phi) is 3.29. The van der Waals surface area contributed by atoms with Crippen molar-refractivity contribution in [2.24, 2.45) is 0 Å². The van der Waals surface area contributed by atoms with Crippen LogP contribution in [0.25, 0.3) is 0 Å². The second-order valence-electron chi connectivity index (χ2n) is 5.61. The van der Waals surface area contributed by atoms with Crippen LogP contribution in [-0.2, 0) is 6.42 Å². The van der Waals surface area contributed by atoms with Gasteiger partial charge < -0.3 is 10.0 Å². The van der Waals surface area contributed by atoms with Gasteiger partial charge in [-0.25, -0.2) is 4.79 Å². The number of aryl methyl sites for hydroxylation is 1. The van der Waals surface area contributed by atoms with Gasteiger partial charge in [-0.05, 0) is 43.1 Å². The maximum absolute atomic E-state index is 11.0. The van der Waals surface area contributed by atoms with Gasteiger partial charge in [0, 0.05) is 32.2 Å². The van der Waals surface area contributed by atoms with Crippen molar-refractivity contribution in [1.82, 2.24) is 9.80 Å². The van der Waals surface area contributed by atoms with Crippen LogP contribution in [0.4, 0.5) is 0 Å². The fourth-order valence-corrected chi connectivity index (χ4v) is 3.24. The van der Waals surface area contributed by atoms with Crippen LogP contribution in [-0.4, -0.2) is 54.1 Å². The minimum atomic E-state index is -0.828. The number of carboxylic acids is 1. The molecule has 2 aliphatic rings. The van der Waals surface area contributed by atoms with Crippen LogP contribution in [0.2, 0.25) is 0 Å². The zero-order valence-electron chi connectivity index (χ0n) is 11.3. The van der Waals surface area contributed by atoms with E-state index in [4.69, 9.17) is 5.11 Å². The third-order valence-corrected chi connectivity index (χ3v) is 4.41. The molecule has 0 saturated carbocycles. The van der Waals surface area contributed by atoms with Gasteiger partial charge in [-0.2, -0.15) is 0 Å². The van der Waals surface area contributed by atoms with Gasteiger partial charge in [-0.3, -0.25) is 4.90 Å². The normalized spacial score (nSPS) is 24.4. The summed E-state index contributed by atoms with van der Waals surface area (Å²) in [5.74, 6) is -0.828. The number of nitrogens with zero attached hydrogens (tertiary/aromatic N) is 2. The summed E-state index contributed by atoms with van der Waals surface area (Å²) in [7, 11) is 2.17. The summed E-state index contributed by atoms with van der Waals surface area (Å²) >= 11 is 0. The average Bonchev–Trinajstić information content (AvgIpc) is 2.82. The summed E-state index contributed by atoms with van der Waals surface area (Å²) in [6, 6.07) is 6.12. The second kappa shape index (κ2) is 4.94. The number of piperazine rings is 1. The SMILES string of the molecule is CN1CCN(C2CCc3cc(C(=O)O)ccc32)CC1. The zero-order valence-corrected chi connectivity index (χ0v) is 11.3. The third kappa shape index (κ3) is 2.38. The molecule has 0 bridgehead atoms. The average molecular weight is 260 g/mol. The molecule has 1 saturated heterocycles. The van der Waals surface area contributed by atoms with E-state index in [1.807, 2.05) is 12.1 Å². The smallest absolute Gasteiger partial charge is 0.335 e. The van der Waals surface area contributed by atoms with Crippen LogP contribution < -0.4 is 0 Å². The lowest BCUT2D eigenvalue weighted by Crippen LogP contribution is -2.45. The Balaban J connectivity index is 1.80. The molecule has 4 heteroatoms. The molecule has 1 aromatic carbocycles. The van der Waals surface area contributed by atoms with Crippen molar-refractivity contribution in [3.8, 4) is 0 Å². The molecule has 1 aliphatic carbocycles. The topological polar surface area (TPSA) is 43.8 Å². The Morgan fingerprint density at radius 3 is 2.68 bits per heavy atom. The molecular weight excluding hydrogens is 240 g/mol. The van der Waals surface area contributed by atoms with E-state index < -0.39 is 5.97 Å². The van der Waals surface area contributed by atoms with Gasteiger partial charge in [0.05, 0.1) is 5.56 Å². The molecule has 1 fully saturated rings. The lowest BCUT2D eigenvalue weighted by Gasteiger charge is -2.36. The van der Waals surface area contributed by atoms with Crippen LogP contribution >= 0.6 is 0 Å². The number of carboxylic acid groups (broad SMARTS) is 1. The predicted octanol–water partition coefficient (Wildman–Crippen LogP) is 1.62. The predicted molar refractivity (Wildman–Crippen MR) is 73.5 cm³/mol. The van der Waals surface area contributed by atoms with E-state index >= 15 is 0 Å². The highest BCUT2D eigenvalue weighted by atomic mass is 16.4. The molecular formula is C15H20N2O2. The molecule has 102 valence electrons. The Morgan fingerprint density at radius 2 is 2.00 bits per heavy atom. The summed E-state index contributed by atoms with van der Waals surface area (Å²) in [6.07, 6.45) is 2.13. The van der Waals surface area contributed by atoms with E-state index in [0.29, 0.717) is 11.6 Å². The van der Waals surface area contributed by atoms with Crippen molar-refractivity contribution < 1.29 is 9.90 Å². The molecule has 3 rings (SSSR count). The Bertz CT molecular complexity index is 493. The van der Waals surface area contributed by atoms with E-state index in [9.17, 15) is 4.79 Å². The number of benzene rings is 1. The van der Waals surface area contributed by atoms with Gasteiger partial charge in [0.2, 0.25) is 0 Å². The Morgan fingerprint density at radius 1 is 1.26 bits per heavy atom. The van der Waals surface area contributed by atoms with Crippen LogP contribution in [0.5, 0.6) is 0 Å². The highest BCUT2D eigenvalue weighted by Crippen LogP contribution is 2.36. The van der Waals surface area contributed by atoms with Gasteiger partial charge in [-0.15, -0.1) is 0 Å². The zero-order chi connectivity index (χ0) is 13.4. The number of aromatic carboxylic acids is 1. The molecule has 0 aromatic heterocycles. The number of carbonyl (C=O) groups is 1. The standard InChI is InChI=1S/C15H20N2O2/c1-16-6-8-17(9-7-16)14-5-3-11-10-12(15(18)19)2-4-13(11)14/h2,4,10,14H,3,5-9H2,1H3,(H,18,19). The van der Waals surface area contributed by atoms with E-state index in [2.05, 4.69) is 16.8 Å². The summed E-state index contributed by atoms with van der Waals surface area (Å²) in [6.45, 7) is 4.47. The molecule has 1 aliphatic heterocycles. The molecule has 0 radical (unpaired) electrons. The van der Waals surface area contributed by atoms with Gasteiger partial charge in [0.1, 0.15) is 0 Å². The lowest BCUT2D eigenvalue weighted by atomic mass is 10.0. The molecule has 1 N–H and O–H groups in total. The summed E-state index contributed by atoms with van der Waals surface area (Å²) < 4.78 is 0. The first-order valence-corrected chi connectivity index (χ1v) is 6.94. The highest BCUT2D eigenvalue weighted by molar-refractivity contribution is 5.88. The Hall–Kier alpha value is -1.39. The van der Waals surface area contributed by atoms with Gasteiger partial charge in [-0.1, -0.05) is 6.07 Å². The first-order valence-electron chi connectivity index (χ1n) is 6.94. The van der Waals surface area contributed by atoms with Crippen molar-refractivity contribution in [3.05, 3.63) is 34.9 Å². The number of rotatable bonds is 2. The Labute approximate surface area is 113 Å². The van der Waals surface area contributed by atoms with E-state index in [0.717, 1.165) is 39.0 Å². The maximum Gasteiger partial charge on any atom is 0.335 e. The molecule has 1 aromatic rings. The van der Waals surface area contributed by atoms with Crippen LogP contribution in [0, 0.1) is 0 Å². The third-order valence-electron chi connectivity index (χ3n) is 4.41. The second-order valence-corrected chi connectivity index (χ2v) is 5.61. The highest BCUT2D eigenvalue weighted by Gasteiger charge is 2.29. The monoisotopic (exact) mass is 260 g/mol. The fourth-order valence-electron chi connectivity index (χ4n) is 3.24. The molecule has 1 unspecified atom stereocenters. The van der Waals surface area contributed by atoms with Crippen molar-refractivity contribution >= 4 is 5.97 Å². The van der Waals surface area contributed by atoms with Crippen molar-refractivity contribution in [2.45, 2.75) is 18.9 Å². The van der Waals surface area contributed by atoms with E-state index in [1.165, 1.54) is 11.1 Å². The first kappa shape index (κ1) is 12.6. The minimum absolute atomic E-state index is 0.415. The quantitative estimate of drug-likeness (QED) is 0.877.